The fourth-order valence-corrected chi connectivity index (χ4v) is 3.81. The van der Waals surface area contributed by atoms with E-state index in [4.69, 9.17) is 5.11 Å². The molecular formula is C24H45NO4S. The van der Waals surface area contributed by atoms with Gasteiger partial charge in [0.05, 0.1) is 32.1 Å². The fraction of sp³-hybridized carbons (Fsp3) is 0.750. The van der Waals surface area contributed by atoms with Crippen molar-refractivity contribution in [3.63, 3.8) is 0 Å². The first kappa shape index (κ1) is 29.1. The molecule has 0 radical (unpaired) electrons. The van der Waals surface area contributed by atoms with Crippen molar-refractivity contribution < 1.29 is 22.6 Å². The molecule has 0 heterocycles. The number of aliphatic hydroxyl groups excluding tert-OH is 1. The van der Waals surface area contributed by atoms with Crippen LogP contribution in [0.25, 0.3) is 0 Å². The van der Waals surface area contributed by atoms with E-state index in [1.165, 1.54) is 82.9 Å². The third-order valence-electron chi connectivity index (χ3n) is 5.35. The van der Waals surface area contributed by atoms with Gasteiger partial charge in [-0.1, -0.05) is 76.0 Å². The minimum Gasteiger partial charge on any atom is -0.744 e. The van der Waals surface area contributed by atoms with E-state index in [9.17, 15) is 13.0 Å². The molecule has 6 heteroatoms. The number of unbranched alkanes of at least 4 members (excludes halogenated alkanes) is 9. The Bertz CT molecular complexity index is 627. The second kappa shape index (κ2) is 16.7. The third-order valence-corrected chi connectivity index (χ3v) is 6.20. The lowest BCUT2D eigenvalue weighted by atomic mass is 10.1. The SMILES string of the molecule is CCCCCCCCCCCC[N+](C)(C)CCCO.Cc1ccc(S(=O)(=O)[O-])cc1. The molecule has 0 atom stereocenters. The standard InChI is InChI=1S/C17H38NO.C7H8O3S/c1-4-5-6-7-8-9-10-11-12-13-15-18(2,3)16-14-17-19;1-6-2-4-7(5-3-6)11(8,9)10/h19H,4-17H2,1-3H3;2-5H,1H3,(H,8,9,10)/q+1;/p-1. The van der Waals surface area contributed by atoms with Gasteiger partial charge in [-0.25, -0.2) is 8.42 Å². The van der Waals surface area contributed by atoms with Crippen molar-refractivity contribution in [3.8, 4) is 0 Å². The molecule has 0 unspecified atom stereocenters. The van der Waals surface area contributed by atoms with Crippen LogP contribution in [0.2, 0.25) is 0 Å². The van der Waals surface area contributed by atoms with Crippen LogP contribution < -0.4 is 0 Å². The minimum absolute atomic E-state index is 0.178. The molecule has 0 saturated carbocycles. The Hall–Kier alpha value is -0.950. The second-order valence-corrected chi connectivity index (χ2v) is 10.3. The summed E-state index contributed by atoms with van der Waals surface area (Å²) in [5, 5.41) is 8.87. The highest BCUT2D eigenvalue weighted by Gasteiger charge is 2.13. The van der Waals surface area contributed by atoms with E-state index in [0.29, 0.717) is 6.61 Å². The molecule has 30 heavy (non-hydrogen) atoms. The van der Waals surface area contributed by atoms with Gasteiger partial charge in [-0.05, 0) is 31.9 Å². The van der Waals surface area contributed by atoms with E-state index in [-0.39, 0.29) is 4.90 Å². The predicted molar refractivity (Wildman–Crippen MR) is 125 cm³/mol. The van der Waals surface area contributed by atoms with Crippen LogP contribution in [0.4, 0.5) is 0 Å². The van der Waals surface area contributed by atoms with Gasteiger partial charge in [0.25, 0.3) is 0 Å². The average Bonchev–Trinajstić information content (AvgIpc) is 2.68. The summed E-state index contributed by atoms with van der Waals surface area (Å²) in [7, 11) is 0.293. The average molecular weight is 444 g/mol. The summed E-state index contributed by atoms with van der Waals surface area (Å²) >= 11 is 0. The van der Waals surface area contributed by atoms with Crippen molar-refractivity contribution >= 4 is 10.1 Å². The van der Waals surface area contributed by atoms with Crippen molar-refractivity contribution in [2.45, 2.75) is 89.4 Å². The van der Waals surface area contributed by atoms with Crippen molar-refractivity contribution in [2.24, 2.45) is 0 Å². The Kier molecular flexibility index (Phi) is 16.2. The van der Waals surface area contributed by atoms with Gasteiger partial charge < -0.3 is 14.1 Å². The molecule has 0 aliphatic heterocycles. The highest BCUT2D eigenvalue weighted by Crippen LogP contribution is 2.12. The monoisotopic (exact) mass is 443 g/mol. The number of hydrogen-bond acceptors (Lipinski definition) is 4. The Morgan fingerprint density at radius 1 is 0.800 bits per heavy atom. The maximum atomic E-state index is 10.4. The molecule has 1 N–H and O–H groups in total. The van der Waals surface area contributed by atoms with E-state index < -0.39 is 10.1 Å². The molecule has 0 saturated heterocycles. The van der Waals surface area contributed by atoms with Gasteiger partial charge in [-0.2, -0.15) is 0 Å². The van der Waals surface area contributed by atoms with Gasteiger partial charge in [-0.3, -0.25) is 0 Å². The van der Waals surface area contributed by atoms with Crippen LogP contribution in [0.1, 0.15) is 83.1 Å². The Morgan fingerprint density at radius 2 is 1.23 bits per heavy atom. The molecule has 176 valence electrons. The molecule has 1 rings (SSSR count). The van der Waals surface area contributed by atoms with Crippen LogP contribution in [0.5, 0.6) is 0 Å². The summed E-state index contributed by atoms with van der Waals surface area (Å²) in [5.74, 6) is 0. The molecule has 0 aliphatic rings. The molecule has 5 nitrogen and oxygen atoms in total. The van der Waals surface area contributed by atoms with Crippen LogP contribution in [0.3, 0.4) is 0 Å². The summed E-state index contributed by atoms with van der Waals surface area (Å²) < 4.78 is 32.2. The fourth-order valence-electron chi connectivity index (χ4n) is 3.34. The van der Waals surface area contributed by atoms with E-state index >= 15 is 0 Å². The lowest BCUT2D eigenvalue weighted by Crippen LogP contribution is -2.41. The summed E-state index contributed by atoms with van der Waals surface area (Å²) in [6, 6.07) is 5.78. The maximum absolute atomic E-state index is 10.4. The van der Waals surface area contributed by atoms with Gasteiger partial charge in [0.15, 0.2) is 0 Å². The van der Waals surface area contributed by atoms with Crippen LogP contribution in [-0.2, 0) is 10.1 Å². The number of aliphatic hydroxyl groups is 1. The molecule has 0 fully saturated rings. The van der Waals surface area contributed by atoms with E-state index in [2.05, 4.69) is 21.0 Å². The molecular weight excluding hydrogens is 398 g/mol. The van der Waals surface area contributed by atoms with Gasteiger partial charge in [0.2, 0.25) is 0 Å². The van der Waals surface area contributed by atoms with Crippen LogP contribution >= 0.6 is 0 Å². The number of quaternary nitrogens is 1. The van der Waals surface area contributed by atoms with Crippen LogP contribution in [0.15, 0.2) is 29.2 Å². The Labute approximate surface area is 185 Å². The maximum Gasteiger partial charge on any atom is 0.124 e. The first-order valence-electron chi connectivity index (χ1n) is 11.6. The van der Waals surface area contributed by atoms with Crippen LogP contribution in [0, 0.1) is 6.92 Å². The number of hydrogen-bond donors (Lipinski definition) is 1. The smallest absolute Gasteiger partial charge is 0.124 e. The lowest BCUT2D eigenvalue weighted by molar-refractivity contribution is -0.890. The van der Waals surface area contributed by atoms with Gasteiger partial charge in [-0.15, -0.1) is 0 Å². The van der Waals surface area contributed by atoms with Gasteiger partial charge in [0, 0.05) is 13.0 Å². The Balaban J connectivity index is 0.000000642. The minimum atomic E-state index is -4.27. The summed E-state index contributed by atoms with van der Waals surface area (Å²) in [5.41, 5.74) is 0.928. The normalized spacial score (nSPS) is 11.8. The molecule has 0 spiro atoms. The van der Waals surface area contributed by atoms with E-state index in [1.807, 2.05) is 6.92 Å². The lowest BCUT2D eigenvalue weighted by Gasteiger charge is -2.29. The van der Waals surface area contributed by atoms with Gasteiger partial charge >= 0.3 is 0 Å². The molecule has 0 aliphatic carbocycles. The van der Waals surface area contributed by atoms with Crippen molar-refractivity contribution in [1.82, 2.24) is 0 Å². The molecule has 0 aromatic heterocycles. The second-order valence-electron chi connectivity index (χ2n) is 8.91. The van der Waals surface area contributed by atoms with E-state index in [1.54, 1.807) is 12.1 Å². The third kappa shape index (κ3) is 16.8. The first-order chi connectivity index (χ1) is 14.1. The molecule has 0 bridgehead atoms. The number of benzene rings is 1. The zero-order valence-electron chi connectivity index (χ0n) is 19.7. The number of aryl methyl sites for hydroxylation is 1. The molecule has 1 aromatic carbocycles. The van der Waals surface area contributed by atoms with Crippen molar-refractivity contribution in [2.75, 3.05) is 33.8 Å². The zero-order chi connectivity index (χ0) is 22.9. The summed E-state index contributed by atoms with van der Waals surface area (Å²) in [6.07, 6.45) is 15.0. The van der Waals surface area contributed by atoms with Crippen LogP contribution in [-0.4, -0.2) is 56.4 Å². The highest BCUT2D eigenvalue weighted by atomic mass is 32.2. The largest absolute Gasteiger partial charge is 0.744 e. The topological polar surface area (TPSA) is 77.4 Å². The van der Waals surface area contributed by atoms with E-state index in [0.717, 1.165) is 23.0 Å². The van der Waals surface area contributed by atoms with Crippen molar-refractivity contribution in [1.29, 1.82) is 0 Å². The predicted octanol–water partition coefficient (Wildman–Crippen LogP) is 5.27. The molecule has 0 amide bonds. The van der Waals surface area contributed by atoms with Gasteiger partial charge in [0.1, 0.15) is 10.1 Å². The summed E-state index contributed by atoms with van der Waals surface area (Å²) in [4.78, 5) is -0.178. The quantitative estimate of drug-likeness (QED) is 0.228. The summed E-state index contributed by atoms with van der Waals surface area (Å²) in [6.45, 7) is 6.80. The number of nitrogens with zero attached hydrogens (tertiary/aromatic N) is 1. The molecule has 1 aromatic rings. The van der Waals surface area contributed by atoms with Crippen molar-refractivity contribution in [3.05, 3.63) is 29.8 Å². The Morgan fingerprint density at radius 3 is 1.67 bits per heavy atom. The number of rotatable bonds is 15. The first-order valence-corrected chi connectivity index (χ1v) is 13.0. The zero-order valence-corrected chi connectivity index (χ0v) is 20.6. The highest BCUT2D eigenvalue weighted by molar-refractivity contribution is 7.85.